The van der Waals surface area contributed by atoms with Crippen LogP contribution in [0.25, 0.3) is 0 Å². The van der Waals surface area contributed by atoms with E-state index >= 15 is 0 Å². The summed E-state index contributed by atoms with van der Waals surface area (Å²) in [6, 6.07) is 0. The second-order valence-corrected chi connectivity index (χ2v) is 7.68. The van der Waals surface area contributed by atoms with Gasteiger partial charge >= 0.3 is 33.8 Å². The monoisotopic (exact) mass is 569 g/mol. The van der Waals surface area contributed by atoms with Gasteiger partial charge in [-0.3, -0.25) is 4.55 Å². The van der Waals surface area contributed by atoms with Crippen LogP contribution in [0.1, 0.15) is 0 Å². The van der Waals surface area contributed by atoms with Crippen molar-refractivity contribution in [1.29, 1.82) is 0 Å². The van der Waals surface area contributed by atoms with E-state index in [1.54, 1.807) is 0 Å². The van der Waals surface area contributed by atoms with Gasteiger partial charge in [-0.05, 0) is 14.1 Å². The van der Waals surface area contributed by atoms with E-state index in [9.17, 15) is 78.7 Å². The second-order valence-electron chi connectivity index (χ2n) is 6.24. The predicted octanol–water partition coefficient (Wildman–Crippen LogP) is 4.50. The van der Waals surface area contributed by atoms with Crippen molar-refractivity contribution >= 4 is 10.1 Å². The van der Waals surface area contributed by atoms with E-state index in [1.165, 1.54) is 0 Å². The number of alkyl halides is 16. The first-order chi connectivity index (χ1) is 14.8. The lowest BCUT2D eigenvalue weighted by molar-refractivity contribution is -0.382. The highest BCUT2D eigenvalue weighted by Gasteiger charge is 2.85. The molecular formula is C13H15F16NO3S. The SMILES string of the molecule is CNC.O=S(=O)(O)C(F)C(F)(F)C(F)(F)C(F)(F)C(F)(F)C(F)C(F)C(F)C(F)C(F)C(F)F. The Balaban J connectivity index is 0. The quantitative estimate of drug-likeness (QED) is 0.284. The van der Waals surface area contributed by atoms with E-state index in [2.05, 4.69) is 5.32 Å². The molecule has 208 valence electrons. The third-order valence-electron chi connectivity index (χ3n) is 3.56. The molecule has 0 aliphatic heterocycles. The lowest BCUT2D eigenvalue weighted by Crippen LogP contribution is -2.69. The van der Waals surface area contributed by atoms with Crippen molar-refractivity contribution in [3.63, 3.8) is 0 Å². The molecule has 0 fully saturated rings. The average molecular weight is 569 g/mol. The fourth-order valence-corrected chi connectivity index (χ4v) is 2.30. The molecule has 0 heterocycles. The van der Waals surface area contributed by atoms with Crippen molar-refractivity contribution in [2.45, 2.75) is 66.5 Å². The molecule has 0 saturated heterocycles. The minimum atomic E-state index is -7.99. The Morgan fingerprint density at radius 2 is 0.912 bits per heavy atom. The number of hydrogen-bond donors (Lipinski definition) is 2. The summed E-state index contributed by atoms with van der Waals surface area (Å²) < 4.78 is 236. The minimum Gasteiger partial charge on any atom is -0.323 e. The Labute approximate surface area is 180 Å². The first-order valence-electron chi connectivity index (χ1n) is 8.00. The van der Waals surface area contributed by atoms with Crippen LogP contribution >= 0.6 is 0 Å². The fraction of sp³-hybridized carbons (Fsp3) is 1.00. The van der Waals surface area contributed by atoms with Gasteiger partial charge in [0.05, 0.1) is 0 Å². The average Bonchev–Trinajstić information content (AvgIpc) is 2.69. The van der Waals surface area contributed by atoms with E-state index in [-0.39, 0.29) is 0 Å². The lowest BCUT2D eigenvalue weighted by Gasteiger charge is -2.39. The predicted molar refractivity (Wildman–Crippen MR) is 81.7 cm³/mol. The van der Waals surface area contributed by atoms with Gasteiger partial charge in [0.2, 0.25) is 6.17 Å². The fourth-order valence-electron chi connectivity index (χ4n) is 1.77. The first-order valence-corrected chi connectivity index (χ1v) is 9.51. The van der Waals surface area contributed by atoms with Crippen molar-refractivity contribution in [2.75, 3.05) is 14.1 Å². The molecule has 4 nitrogen and oxygen atoms in total. The molecule has 0 aliphatic rings. The Morgan fingerprint density at radius 1 is 0.618 bits per heavy atom. The summed E-state index contributed by atoms with van der Waals surface area (Å²) in [5.74, 6) is -31.0. The van der Waals surface area contributed by atoms with Crippen molar-refractivity contribution < 1.29 is 83.2 Å². The Morgan fingerprint density at radius 3 is 1.21 bits per heavy atom. The molecule has 0 bridgehead atoms. The Bertz CT molecular complexity index is 736. The number of rotatable bonds is 11. The van der Waals surface area contributed by atoms with Gasteiger partial charge in [0.15, 0.2) is 24.7 Å². The van der Waals surface area contributed by atoms with Gasteiger partial charge in [-0.1, -0.05) is 0 Å². The smallest absolute Gasteiger partial charge is 0.323 e. The van der Waals surface area contributed by atoms with Crippen LogP contribution in [0.4, 0.5) is 70.2 Å². The third-order valence-corrected chi connectivity index (χ3v) is 4.38. The van der Waals surface area contributed by atoms with Gasteiger partial charge in [-0.2, -0.15) is 43.5 Å². The van der Waals surface area contributed by atoms with Crippen LogP contribution in [0.5, 0.6) is 0 Å². The van der Waals surface area contributed by atoms with Crippen LogP contribution in [-0.4, -0.2) is 93.5 Å². The van der Waals surface area contributed by atoms with Crippen molar-refractivity contribution in [3.05, 3.63) is 0 Å². The van der Waals surface area contributed by atoms with Crippen molar-refractivity contribution in [2.24, 2.45) is 0 Å². The second kappa shape index (κ2) is 11.7. The highest BCUT2D eigenvalue weighted by Crippen LogP contribution is 2.56. The first kappa shape index (κ1) is 34.9. The topological polar surface area (TPSA) is 66.4 Å². The highest BCUT2D eigenvalue weighted by atomic mass is 32.2. The molecule has 0 aromatic rings. The van der Waals surface area contributed by atoms with Crippen LogP contribution in [0.3, 0.4) is 0 Å². The molecule has 21 heteroatoms. The summed E-state index contributed by atoms with van der Waals surface area (Å²) in [5, 5.41) is 2.75. The van der Waals surface area contributed by atoms with E-state index in [0.717, 1.165) is 0 Å². The summed E-state index contributed by atoms with van der Waals surface area (Å²) in [6.07, 6.45) is -29.1. The molecule has 0 radical (unpaired) electrons. The maximum atomic E-state index is 13.4. The zero-order chi connectivity index (χ0) is 28.2. The number of hydrogen-bond acceptors (Lipinski definition) is 3. The molecule has 6 unspecified atom stereocenters. The largest absolute Gasteiger partial charge is 0.382 e. The van der Waals surface area contributed by atoms with Crippen LogP contribution < -0.4 is 5.32 Å². The number of nitrogens with one attached hydrogen (secondary N) is 1. The summed E-state index contributed by atoms with van der Waals surface area (Å²) >= 11 is 0. The van der Waals surface area contributed by atoms with Gasteiger partial charge < -0.3 is 5.32 Å². The normalized spacial score (nSPS) is 19.5. The van der Waals surface area contributed by atoms with Crippen LogP contribution in [-0.2, 0) is 10.1 Å². The molecular weight excluding hydrogens is 554 g/mol. The van der Waals surface area contributed by atoms with Gasteiger partial charge in [0.25, 0.3) is 11.9 Å². The van der Waals surface area contributed by atoms with E-state index in [0.29, 0.717) is 0 Å². The zero-order valence-corrected chi connectivity index (χ0v) is 17.1. The summed E-state index contributed by atoms with van der Waals surface area (Å²) in [7, 11) is -3.24. The maximum absolute atomic E-state index is 13.4. The standard InChI is InChI=1S/C11H8F16O3S.C2H7N/c12-1(2(13)4(15)6(17)18)3(14)5(16)8(20,21)10(24,25)11(26,27)9(22,23)7(19)31(28,29)30;1-3-2/h1-7H,(H,28,29,30);3H,1-2H3. The molecule has 0 saturated carbocycles. The van der Waals surface area contributed by atoms with Crippen LogP contribution in [0.15, 0.2) is 0 Å². The van der Waals surface area contributed by atoms with Gasteiger partial charge in [0.1, 0.15) is 0 Å². The third kappa shape index (κ3) is 6.70. The lowest BCUT2D eigenvalue weighted by atomic mass is 9.91. The van der Waals surface area contributed by atoms with E-state index in [1.807, 2.05) is 14.1 Å². The minimum absolute atomic E-state index is 1.88. The Hall–Kier alpha value is -1.25. The van der Waals surface area contributed by atoms with Crippen molar-refractivity contribution in [3.8, 4) is 0 Å². The van der Waals surface area contributed by atoms with Gasteiger partial charge in [-0.15, -0.1) is 0 Å². The van der Waals surface area contributed by atoms with E-state index < -0.39 is 76.6 Å². The molecule has 0 aromatic heterocycles. The molecule has 2 N–H and O–H groups in total. The summed E-state index contributed by atoms with van der Waals surface area (Å²) in [6.45, 7) is 0. The Kier molecular flexibility index (Phi) is 12.0. The molecule has 0 amide bonds. The highest BCUT2D eigenvalue weighted by molar-refractivity contribution is 7.86. The van der Waals surface area contributed by atoms with Crippen molar-refractivity contribution in [1.82, 2.24) is 5.32 Å². The van der Waals surface area contributed by atoms with Gasteiger partial charge in [0, 0.05) is 0 Å². The maximum Gasteiger partial charge on any atom is 0.382 e. The molecule has 0 rings (SSSR count). The zero-order valence-electron chi connectivity index (χ0n) is 16.3. The molecule has 6 atom stereocenters. The molecule has 0 spiro atoms. The summed E-state index contributed by atoms with van der Waals surface area (Å²) in [5.41, 5.74) is -5.72. The van der Waals surface area contributed by atoms with Crippen LogP contribution in [0, 0.1) is 0 Å². The molecule has 0 aliphatic carbocycles. The van der Waals surface area contributed by atoms with Gasteiger partial charge in [-0.25, -0.2) is 35.1 Å². The van der Waals surface area contributed by atoms with E-state index in [4.69, 9.17) is 4.55 Å². The van der Waals surface area contributed by atoms with Crippen LogP contribution in [0.2, 0.25) is 0 Å². The summed E-state index contributed by atoms with van der Waals surface area (Å²) in [4.78, 5) is 0. The number of halogens is 16. The molecule has 0 aromatic carbocycles. The molecule has 34 heavy (non-hydrogen) atoms.